The van der Waals surface area contributed by atoms with Crippen molar-refractivity contribution >= 4 is 17.2 Å². The fraction of sp³-hybridized carbons (Fsp3) is 0.611. The molecule has 4 aliphatic carbocycles. The molecule has 2 aromatic heterocycles. The van der Waals surface area contributed by atoms with Gasteiger partial charge in [-0.2, -0.15) is 4.98 Å². The van der Waals surface area contributed by atoms with Gasteiger partial charge < -0.3 is 9.84 Å². The van der Waals surface area contributed by atoms with E-state index < -0.39 is 0 Å². The first-order chi connectivity index (χ1) is 11.7. The first-order valence-corrected chi connectivity index (χ1v) is 9.73. The second-order valence-corrected chi connectivity index (χ2v) is 8.95. The number of nitrogens with one attached hydrogen (secondary N) is 1. The van der Waals surface area contributed by atoms with Gasteiger partial charge in [0, 0.05) is 6.54 Å². The van der Waals surface area contributed by atoms with Gasteiger partial charge in [-0.05, 0) is 73.1 Å². The lowest BCUT2D eigenvalue weighted by atomic mass is 9.49. The highest BCUT2D eigenvalue weighted by molar-refractivity contribution is 7.13. The standard InChI is InChI=1S/C18H21N3O2S/c22-16(17-20-15(21-23-17)14-2-1-3-24-14)19-10-18-7-11-4-12(8-18)6-13(5-11)9-18/h1-3,11-13H,4-10H2,(H,19,22). The van der Waals surface area contributed by atoms with Gasteiger partial charge in [-0.3, -0.25) is 4.79 Å². The highest BCUT2D eigenvalue weighted by Gasteiger charge is 2.50. The van der Waals surface area contributed by atoms with E-state index in [1.54, 1.807) is 0 Å². The largest absolute Gasteiger partial charge is 0.347 e. The zero-order valence-electron chi connectivity index (χ0n) is 13.5. The number of aromatic nitrogens is 2. The Labute approximate surface area is 144 Å². The molecule has 1 N–H and O–H groups in total. The van der Waals surface area contributed by atoms with Crippen LogP contribution in [-0.2, 0) is 0 Å². The first-order valence-electron chi connectivity index (χ1n) is 8.85. The summed E-state index contributed by atoms with van der Waals surface area (Å²) in [6.45, 7) is 0.756. The van der Waals surface area contributed by atoms with Crippen LogP contribution in [0.1, 0.15) is 49.2 Å². The lowest BCUT2D eigenvalue weighted by Crippen LogP contribution is -2.51. The number of thiophene rings is 1. The number of carbonyl (C=O) groups excluding carboxylic acids is 1. The zero-order valence-corrected chi connectivity index (χ0v) is 14.3. The van der Waals surface area contributed by atoms with Crippen molar-refractivity contribution < 1.29 is 9.32 Å². The van der Waals surface area contributed by atoms with Crippen LogP contribution in [0, 0.1) is 23.2 Å². The molecular weight excluding hydrogens is 322 g/mol. The fourth-order valence-electron chi connectivity index (χ4n) is 5.67. The summed E-state index contributed by atoms with van der Waals surface area (Å²) in [5, 5.41) is 8.96. The molecule has 0 aromatic carbocycles. The molecule has 0 aliphatic heterocycles. The quantitative estimate of drug-likeness (QED) is 0.918. The average Bonchev–Trinajstić information content (AvgIpc) is 3.22. The Bertz CT molecular complexity index is 717. The molecule has 0 atom stereocenters. The zero-order chi connectivity index (χ0) is 16.1. The molecule has 0 unspecified atom stereocenters. The number of rotatable bonds is 4. The van der Waals surface area contributed by atoms with E-state index in [1.165, 1.54) is 49.9 Å². The Morgan fingerprint density at radius 2 is 1.96 bits per heavy atom. The van der Waals surface area contributed by atoms with E-state index in [9.17, 15) is 4.79 Å². The van der Waals surface area contributed by atoms with Gasteiger partial charge in [0.05, 0.1) is 4.88 Å². The Hall–Kier alpha value is -1.69. The molecular formula is C18H21N3O2S. The molecule has 6 rings (SSSR count). The minimum Gasteiger partial charge on any atom is -0.347 e. The Morgan fingerprint density at radius 3 is 2.58 bits per heavy atom. The van der Waals surface area contributed by atoms with Crippen LogP contribution in [0.5, 0.6) is 0 Å². The van der Waals surface area contributed by atoms with Crippen LogP contribution in [0.2, 0.25) is 0 Å². The van der Waals surface area contributed by atoms with E-state index in [2.05, 4.69) is 15.5 Å². The number of nitrogens with zero attached hydrogens (tertiary/aromatic N) is 2. The van der Waals surface area contributed by atoms with Gasteiger partial charge >= 0.3 is 11.8 Å². The summed E-state index contributed by atoms with van der Waals surface area (Å²) in [5.41, 5.74) is 0.320. The van der Waals surface area contributed by atoms with Gasteiger partial charge in [-0.25, -0.2) is 0 Å². The van der Waals surface area contributed by atoms with Crippen LogP contribution in [0.25, 0.3) is 10.7 Å². The topological polar surface area (TPSA) is 68.0 Å². The molecule has 0 saturated heterocycles. The number of hydrogen-bond acceptors (Lipinski definition) is 5. The van der Waals surface area contributed by atoms with E-state index in [1.807, 2.05) is 17.5 Å². The fourth-order valence-corrected chi connectivity index (χ4v) is 6.32. The summed E-state index contributed by atoms with van der Waals surface area (Å²) >= 11 is 1.54. The van der Waals surface area contributed by atoms with Crippen LogP contribution in [-0.4, -0.2) is 22.6 Å². The Morgan fingerprint density at radius 1 is 1.25 bits per heavy atom. The van der Waals surface area contributed by atoms with E-state index >= 15 is 0 Å². The van der Waals surface area contributed by atoms with Crippen molar-refractivity contribution in [1.29, 1.82) is 0 Å². The van der Waals surface area contributed by atoms with Gasteiger partial charge in [-0.1, -0.05) is 11.2 Å². The maximum atomic E-state index is 12.4. The first kappa shape index (κ1) is 14.6. The van der Waals surface area contributed by atoms with E-state index in [-0.39, 0.29) is 11.8 Å². The van der Waals surface area contributed by atoms with Crippen molar-refractivity contribution in [2.24, 2.45) is 23.2 Å². The number of carbonyl (C=O) groups is 1. The van der Waals surface area contributed by atoms with Crippen molar-refractivity contribution in [3.05, 3.63) is 23.4 Å². The molecule has 5 nitrogen and oxygen atoms in total. The van der Waals surface area contributed by atoms with Crippen LogP contribution in [0.3, 0.4) is 0 Å². The summed E-state index contributed by atoms with van der Waals surface area (Å²) in [5.74, 6) is 3.00. The monoisotopic (exact) mass is 343 g/mol. The van der Waals surface area contributed by atoms with Crippen molar-refractivity contribution in [2.45, 2.75) is 38.5 Å². The highest BCUT2D eigenvalue weighted by atomic mass is 32.1. The van der Waals surface area contributed by atoms with E-state index in [0.717, 1.165) is 29.2 Å². The molecule has 4 fully saturated rings. The molecule has 4 saturated carbocycles. The van der Waals surface area contributed by atoms with Crippen LogP contribution in [0.4, 0.5) is 0 Å². The maximum absolute atomic E-state index is 12.4. The number of hydrogen-bond donors (Lipinski definition) is 1. The van der Waals surface area contributed by atoms with Crippen LogP contribution >= 0.6 is 11.3 Å². The molecule has 4 bridgehead atoms. The molecule has 24 heavy (non-hydrogen) atoms. The lowest BCUT2D eigenvalue weighted by molar-refractivity contribution is -0.0504. The molecule has 4 aliphatic rings. The van der Waals surface area contributed by atoms with Gasteiger partial charge in [-0.15, -0.1) is 11.3 Å². The van der Waals surface area contributed by atoms with Crippen molar-refractivity contribution in [2.75, 3.05) is 6.54 Å². The Balaban J connectivity index is 1.26. The number of amides is 1. The predicted molar refractivity (Wildman–Crippen MR) is 90.5 cm³/mol. The summed E-state index contributed by atoms with van der Waals surface area (Å²) in [6, 6.07) is 3.86. The Kier molecular flexibility index (Phi) is 3.30. The predicted octanol–water partition coefficient (Wildman–Crippen LogP) is 3.74. The molecule has 0 radical (unpaired) electrons. The van der Waals surface area contributed by atoms with Crippen molar-refractivity contribution in [1.82, 2.24) is 15.5 Å². The minimum atomic E-state index is -0.235. The SMILES string of the molecule is O=C(NCC12CC3CC(CC(C3)C1)C2)c1nc(-c2cccs2)no1. The highest BCUT2D eigenvalue weighted by Crippen LogP contribution is 2.59. The molecule has 0 spiro atoms. The third kappa shape index (κ3) is 2.48. The maximum Gasteiger partial charge on any atom is 0.316 e. The summed E-state index contributed by atoms with van der Waals surface area (Å²) in [7, 11) is 0. The van der Waals surface area contributed by atoms with Gasteiger partial charge in [0.2, 0.25) is 5.82 Å². The molecule has 2 aromatic rings. The van der Waals surface area contributed by atoms with Crippen molar-refractivity contribution in [3.8, 4) is 10.7 Å². The summed E-state index contributed by atoms with van der Waals surface area (Å²) < 4.78 is 5.16. The van der Waals surface area contributed by atoms with Gasteiger partial charge in [0.25, 0.3) is 0 Å². The lowest BCUT2D eigenvalue weighted by Gasteiger charge is -2.56. The summed E-state index contributed by atoms with van der Waals surface area (Å²) in [6.07, 6.45) is 8.10. The molecule has 126 valence electrons. The van der Waals surface area contributed by atoms with E-state index in [0.29, 0.717) is 11.2 Å². The van der Waals surface area contributed by atoms with Crippen LogP contribution < -0.4 is 5.32 Å². The van der Waals surface area contributed by atoms with E-state index in [4.69, 9.17) is 4.52 Å². The van der Waals surface area contributed by atoms with Crippen LogP contribution in [0.15, 0.2) is 22.0 Å². The average molecular weight is 343 g/mol. The van der Waals surface area contributed by atoms with Gasteiger partial charge in [0.1, 0.15) is 0 Å². The third-order valence-corrected chi connectivity index (χ3v) is 7.02. The molecule has 1 amide bonds. The second-order valence-electron chi connectivity index (χ2n) is 8.00. The minimum absolute atomic E-state index is 0.0723. The second kappa shape index (κ2) is 5.41. The smallest absolute Gasteiger partial charge is 0.316 e. The summed E-state index contributed by atoms with van der Waals surface area (Å²) in [4.78, 5) is 17.6. The normalized spacial score (nSPS) is 33.8. The molecule has 2 heterocycles. The van der Waals surface area contributed by atoms with Gasteiger partial charge in [0.15, 0.2) is 0 Å². The molecule has 6 heteroatoms. The third-order valence-electron chi connectivity index (χ3n) is 6.15. The van der Waals surface area contributed by atoms with Crippen molar-refractivity contribution in [3.63, 3.8) is 0 Å².